The van der Waals surface area contributed by atoms with Gasteiger partial charge in [0.05, 0.1) is 6.04 Å². The molecule has 3 aromatic rings. The molecule has 5 nitrogen and oxygen atoms in total. The number of aryl methyl sites for hydroxylation is 1. The summed E-state index contributed by atoms with van der Waals surface area (Å²) in [6.45, 7) is 0.994. The highest BCUT2D eigenvalue weighted by molar-refractivity contribution is 6.08. The minimum atomic E-state index is 0.102. The van der Waals surface area contributed by atoms with Crippen LogP contribution in [0.3, 0.4) is 0 Å². The summed E-state index contributed by atoms with van der Waals surface area (Å²) in [6.07, 6.45) is 3.01. The van der Waals surface area contributed by atoms with Gasteiger partial charge in [-0.3, -0.25) is 4.79 Å². The van der Waals surface area contributed by atoms with Crippen LogP contribution in [-0.2, 0) is 6.42 Å². The van der Waals surface area contributed by atoms with Crippen LogP contribution in [-0.4, -0.2) is 22.5 Å². The first-order valence-electron chi connectivity index (χ1n) is 8.38. The van der Waals surface area contributed by atoms with Gasteiger partial charge in [-0.2, -0.15) is 4.98 Å². The lowest BCUT2D eigenvalue weighted by atomic mass is 9.99. The number of carbonyl (C=O) groups excluding carboxylic acids is 1. The largest absolute Gasteiger partial charge is 0.339 e. The highest BCUT2D eigenvalue weighted by Crippen LogP contribution is 2.22. The van der Waals surface area contributed by atoms with Crippen molar-refractivity contribution in [3.05, 3.63) is 59.7 Å². The monoisotopic (exact) mass is 321 g/mol. The Morgan fingerprint density at radius 3 is 2.96 bits per heavy atom. The van der Waals surface area contributed by atoms with Gasteiger partial charge in [0, 0.05) is 18.4 Å². The van der Waals surface area contributed by atoms with Crippen molar-refractivity contribution in [2.75, 3.05) is 6.54 Å². The van der Waals surface area contributed by atoms with Crippen LogP contribution in [0, 0.1) is 0 Å². The number of carbonyl (C=O) groups is 1. The Kier molecular flexibility index (Phi) is 4.09. The van der Waals surface area contributed by atoms with E-state index in [1.165, 1.54) is 0 Å². The molecule has 24 heavy (non-hydrogen) atoms. The highest BCUT2D eigenvalue weighted by atomic mass is 16.5. The zero-order chi connectivity index (χ0) is 16.4. The zero-order valence-corrected chi connectivity index (χ0v) is 13.4. The third-order valence-electron chi connectivity index (χ3n) is 4.51. The van der Waals surface area contributed by atoms with Crippen LogP contribution >= 0.6 is 0 Å². The molecule has 1 aliphatic rings. The summed E-state index contributed by atoms with van der Waals surface area (Å²) in [5.74, 6) is 1.35. The summed E-state index contributed by atoms with van der Waals surface area (Å²) >= 11 is 0. The van der Waals surface area contributed by atoms with E-state index in [0.717, 1.165) is 35.7 Å². The van der Waals surface area contributed by atoms with Gasteiger partial charge in [0.1, 0.15) is 0 Å². The second-order valence-electron chi connectivity index (χ2n) is 6.15. The summed E-state index contributed by atoms with van der Waals surface area (Å²) in [7, 11) is 0. The number of Topliss-reactive ketones (excluding diaryl/α,β-unsaturated/α-hetero) is 1. The number of benzene rings is 2. The fraction of sp³-hybridized carbons (Fsp3) is 0.316. The lowest BCUT2D eigenvalue weighted by Gasteiger charge is -2.04. The Balaban J connectivity index is 1.46. The molecular weight excluding hydrogens is 302 g/mol. The second-order valence-corrected chi connectivity index (χ2v) is 6.15. The number of aromatic nitrogens is 2. The summed E-state index contributed by atoms with van der Waals surface area (Å²) in [6, 6.07) is 14.0. The van der Waals surface area contributed by atoms with E-state index in [-0.39, 0.29) is 11.8 Å². The lowest BCUT2D eigenvalue weighted by Crippen LogP contribution is -2.14. The van der Waals surface area contributed by atoms with Crippen molar-refractivity contribution >= 4 is 16.6 Å². The average Bonchev–Trinajstić information content (AvgIpc) is 3.30. The summed E-state index contributed by atoms with van der Waals surface area (Å²) < 4.78 is 5.30. The van der Waals surface area contributed by atoms with Crippen LogP contribution in [0.2, 0.25) is 0 Å². The van der Waals surface area contributed by atoms with Gasteiger partial charge in [-0.15, -0.1) is 0 Å². The van der Waals surface area contributed by atoms with Crippen molar-refractivity contribution in [3.8, 4) is 0 Å². The number of fused-ring (bicyclic) bond motifs is 1. The number of hydrogen-bond donors (Lipinski definition) is 1. The van der Waals surface area contributed by atoms with E-state index in [4.69, 9.17) is 4.52 Å². The van der Waals surface area contributed by atoms with Crippen LogP contribution in [0.4, 0.5) is 0 Å². The molecule has 1 unspecified atom stereocenters. The molecular formula is C19H19N3O2. The van der Waals surface area contributed by atoms with Crippen molar-refractivity contribution < 1.29 is 9.32 Å². The lowest BCUT2D eigenvalue weighted by molar-refractivity contribution is 0.0981. The fourth-order valence-corrected chi connectivity index (χ4v) is 3.24. The average molecular weight is 321 g/mol. The van der Waals surface area contributed by atoms with Gasteiger partial charge in [0.15, 0.2) is 11.6 Å². The molecule has 0 bridgehead atoms. The summed E-state index contributed by atoms with van der Waals surface area (Å²) in [4.78, 5) is 17.0. The minimum Gasteiger partial charge on any atom is -0.339 e. The number of ketones is 1. The molecule has 1 fully saturated rings. The highest BCUT2D eigenvalue weighted by Gasteiger charge is 2.22. The Hall–Kier alpha value is -2.53. The van der Waals surface area contributed by atoms with Crippen LogP contribution in [0.25, 0.3) is 10.8 Å². The molecule has 0 spiro atoms. The number of nitrogens with zero attached hydrogens (tertiary/aromatic N) is 2. The molecule has 2 heterocycles. The standard InChI is InChI=1S/C19H19N3O2/c23-17(15-8-3-6-13-5-1-2-7-14(13)15)10-11-18-21-19(22-24-18)16-9-4-12-20-16/h1-3,5-8,16,20H,4,9-12H2. The third-order valence-corrected chi connectivity index (χ3v) is 4.51. The molecule has 4 rings (SSSR count). The SMILES string of the molecule is O=C(CCc1nc(C2CCCN2)no1)c1cccc2ccccc12. The normalized spacial score (nSPS) is 17.4. The van der Waals surface area contributed by atoms with E-state index < -0.39 is 0 Å². The van der Waals surface area contributed by atoms with Gasteiger partial charge in [0.2, 0.25) is 5.89 Å². The van der Waals surface area contributed by atoms with Gasteiger partial charge in [0.25, 0.3) is 0 Å². The van der Waals surface area contributed by atoms with Gasteiger partial charge < -0.3 is 9.84 Å². The smallest absolute Gasteiger partial charge is 0.227 e. The predicted molar refractivity (Wildman–Crippen MR) is 90.9 cm³/mol. The summed E-state index contributed by atoms with van der Waals surface area (Å²) in [5.41, 5.74) is 0.755. The Bertz CT molecular complexity index is 860. The molecule has 1 aliphatic heterocycles. The third kappa shape index (κ3) is 2.95. The van der Waals surface area contributed by atoms with E-state index in [2.05, 4.69) is 15.5 Å². The van der Waals surface area contributed by atoms with Crippen LogP contribution in [0.1, 0.15) is 47.4 Å². The second kappa shape index (κ2) is 6.53. The maximum Gasteiger partial charge on any atom is 0.227 e. The van der Waals surface area contributed by atoms with Crippen LogP contribution in [0.5, 0.6) is 0 Å². The van der Waals surface area contributed by atoms with E-state index >= 15 is 0 Å². The molecule has 1 aromatic heterocycles. The number of nitrogens with one attached hydrogen (secondary N) is 1. The molecule has 2 aromatic carbocycles. The van der Waals surface area contributed by atoms with Crippen molar-refractivity contribution in [1.29, 1.82) is 0 Å². The predicted octanol–water partition coefficient (Wildman–Crippen LogP) is 3.46. The Labute approximate surface area is 140 Å². The molecule has 1 saturated heterocycles. The van der Waals surface area contributed by atoms with Crippen molar-refractivity contribution in [3.63, 3.8) is 0 Å². The number of rotatable bonds is 5. The van der Waals surface area contributed by atoms with Crippen LogP contribution in [0.15, 0.2) is 47.0 Å². The van der Waals surface area contributed by atoms with E-state index in [1.807, 2.05) is 42.5 Å². The molecule has 0 radical (unpaired) electrons. The van der Waals surface area contributed by atoms with Crippen molar-refractivity contribution in [2.24, 2.45) is 0 Å². The van der Waals surface area contributed by atoms with E-state index in [0.29, 0.717) is 24.6 Å². The first-order valence-corrected chi connectivity index (χ1v) is 8.38. The number of hydrogen-bond acceptors (Lipinski definition) is 5. The quantitative estimate of drug-likeness (QED) is 0.729. The minimum absolute atomic E-state index is 0.102. The Morgan fingerprint density at radius 1 is 1.21 bits per heavy atom. The maximum absolute atomic E-state index is 12.6. The van der Waals surface area contributed by atoms with Gasteiger partial charge >= 0.3 is 0 Å². The van der Waals surface area contributed by atoms with Crippen molar-refractivity contribution in [1.82, 2.24) is 15.5 Å². The van der Waals surface area contributed by atoms with Crippen molar-refractivity contribution in [2.45, 2.75) is 31.7 Å². The molecule has 1 atom stereocenters. The molecule has 5 heteroatoms. The Morgan fingerprint density at radius 2 is 2.08 bits per heavy atom. The van der Waals surface area contributed by atoms with Gasteiger partial charge in [-0.05, 0) is 30.2 Å². The molecule has 0 aliphatic carbocycles. The fourth-order valence-electron chi connectivity index (χ4n) is 3.24. The maximum atomic E-state index is 12.6. The van der Waals surface area contributed by atoms with Crippen LogP contribution < -0.4 is 5.32 Å². The summed E-state index contributed by atoms with van der Waals surface area (Å²) in [5, 5.41) is 9.46. The van der Waals surface area contributed by atoms with E-state index in [1.54, 1.807) is 0 Å². The van der Waals surface area contributed by atoms with E-state index in [9.17, 15) is 4.79 Å². The topological polar surface area (TPSA) is 68.0 Å². The molecule has 0 saturated carbocycles. The molecule has 1 N–H and O–H groups in total. The first-order chi connectivity index (χ1) is 11.8. The molecule has 0 amide bonds. The van der Waals surface area contributed by atoms with Gasteiger partial charge in [-0.25, -0.2) is 0 Å². The van der Waals surface area contributed by atoms with Gasteiger partial charge in [-0.1, -0.05) is 47.6 Å². The first kappa shape index (κ1) is 15.0. The zero-order valence-electron chi connectivity index (χ0n) is 13.4. The molecule has 122 valence electrons.